The van der Waals surface area contributed by atoms with Crippen molar-refractivity contribution in [2.24, 2.45) is 0 Å². The molecule has 8 heavy (non-hydrogen) atoms. The topological polar surface area (TPSA) is 12.5 Å². The molecule has 1 atom stereocenters. The van der Waals surface area contributed by atoms with Crippen LogP contribution in [0.4, 0.5) is 0 Å². The molecule has 1 fully saturated rings. The molecule has 0 aromatic rings. The molecule has 2 nitrogen and oxygen atoms in total. The van der Waals surface area contributed by atoms with Gasteiger partial charge in [-0.15, -0.1) is 0 Å². The first-order valence-corrected chi connectivity index (χ1v) is 3.77. The summed E-state index contributed by atoms with van der Waals surface area (Å²) in [5.41, 5.74) is 0. The average Bonchev–Trinajstić information content (AvgIpc) is 1.77. The molecule has 3 heteroatoms. The van der Waals surface area contributed by atoms with Gasteiger partial charge in [0.25, 0.3) is 0 Å². The van der Waals surface area contributed by atoms with Crippen LogP contribution in [0.3, 0.4) is 0 Å². The molecule has 0 aromatic carbocycles. The summed E-state index contributed by atoms with van der Waals surface area (Å²) < 4.78 is 7.48. The molecule has 1 aliphatic heterocycles. The summed E-state index contributed by atoms with van der Waals surface area (Å²) in [6, 6.07) is 0.601. The van der Waals surface area contributed by atoms with E-state index in [2.05, 4.69) is 32.9 Å². The van der Waals surface area contributed by atoms with Crippen LogP contribution in [0.25, 0.3) is 0 Å². The Morgan fingerprint density at radius 1 is 1.75 bits per heavy atom. The predicted molar refractivity (Wildman–Crippen MR) is 41.0 cm³/mol. The highest BCUT2D eigenvalue weighted by Gasteiger charge is 2.14. The molecule has 1 rings (SSSR count). The Labute approximate surface area is 63.7 Å². The molecule has 1 aliphatic rings. The number of nitrogens with zero attached hydrogens (tertiary/aromatic N) is 1. The molecule has 0 aromatic heterocycles. The van der Waals surface area contributed by atoms with Crippen molar-refractivity contribution >= 4 is 22.9 Å². The zero-order valence-corrected chi connectivity index (χ0v) is 7.09. The predicted octanol–water partition coefficient (Wildman–Crippen LogP) is 1.06. The second kappa shape index (κ2) is 2.98. The van der Waals surface area contributed by atoms with Crippen LogP contribution >= 0.6 is 22.9 Å². The zero-order valence-electron chi connectivity index (χ0n) is 4.93. The Kier molecular flexibility index (Phi) is 2.52. The van der Waals surface area contributed by atoms with Crippen LogP contribution in [-0.2, 0) is 4.74 Å². The third-order valence-corrected chi connectivity index (χ3v) is 2.72. The van der Waals surface area contributed by atoms with Gasteiger partial charge in [0.05, 0.1) is 13.2 Å². The molecule has 0 N–H and O–H groups in total. The smallest absolute Gasteiger partial charge is 0.0627 e. The fourth-order valence-electron chi connectivity index (χ4n) is 0.707. The monoisotopic (exact) mass is 227 g/mol. The summed E-state index contributed by atoms with van der Waals surface area (Å²) in [6.45, 7) is 5.03. The number of rotatable bonds is 0. The highest BCUT2D eigenvalue weighted by molar-refractivity contribution is 14.1. The van der Waals surface area contributed by atoms with E-state index in [0.29, 0.717) is 6.04 Å². The van der Waals surface area contributed by atoms with Crippen LogP contribution in [0.15, 0.2) is 0 Å². The largest absolute Gasteiger partial charge is 0.378 e. The third-order valence-electron chi connectivity index (χ3n) is 1.29. The molecule has 48 valence electrons. The molecule has 0 unspecified atom stereocenters. The van der Waals surface area contributed by atoms with Crippen LogP contribution in [0.5, 0.6) is 0 Å². The molecule has 0 amide bonds. The summed E-state index contributed by atoms with van der Waals surface area (Å²) in [4.78, 5) is 0. The van der Waals surface area contributed by atoms with Crippen molar-refractivity contribution in [2.45, 2.75) is 13.0 Å². The van der Waals surface area contributed by atoms with Crippen molar-refractivity contribution in [3.63, 3.8) is 0 Å². The first kappa shape index (κ1) is 6.77. The lowest BCUT2D eigenvalue weighted by Crippen LogP contribution is -2.36. The van der Waals surface area contributed by atoms with E-state index in [9.17, 15) is 0 Å². The average molecular weight is 227 g/mol. The first-order chi connectivity index (χ1) is 3.80. The molecular weight excluding hydrogens is 217 g/mol. The normalized spacial score (nSPS) is 33.0. The lowest BCUT2D eigenvalue weighted by Gasteiger charge is -2.27. The molecule has 1 saturated heterocycles. The molecule has 0 aliphatic carbocycles. The second-order valence-electron chi connectivity index (χ2n) is 2.05. The van der Waals surface area contributed by atoms with E-state index in [1.807, 2.05) is 0 Å². The SMILES string of the molecule is C[C@H]1COCCN1I. The Bertz CT molecular complexity index is 68.8. The summed E-state index contributed by atoms with van der Waals surface area (Å²) in [6.07, 6.45) is 0. The summed E-state index contributed by atoms with van der Waals surface area (Å²) in [7, 11) is 0. The van der Waals surface area contributed by atoms with Gasteiger partial charge in [-0.1, -0.05) is 0 Å². The summed E-state index contributed by atoms with van der Waals surface area (Å²) in [5, 5.41) is 0. The molecule has 0 bridgehead atoms. The maximum Gasteiger partial charge on any atom is 0.0627 e. The number of hydrogen-bond acceptors (Lipinski definition) is 2. The van der Waals surface area contributed by atoms with Gasteiger partial charge in [0, 0.05) is 35.5 Å². The quantitative estimate of drug-likeness (QED) is 0.453. The van der Waals surface area contributed by atoms with E-state index >= 15 is 0 Å². The minimum absolute atomic E-state index is 0.601. The van der Waals surface area contributed by atoms with E-state index in [1.165, 1.54) is 0 Å². The van der Waals surface area contributed by atoms with E-state index in [4.69, 9.17) is 4.74 Å². The third kappa shape index (κ3) is 1.56. The number of hydrogen-bond donors (Lipinski definition) is 0. The molecule has 0 spiro atoms. The Morgan fingerprint density at radius 2 is 2.50 bits per heavy atom. The summed E-state index contributed by atoms with van der Waals surface area (Å²) >= 11 is 2.34. The lowest BCUT2D eigenvalue weighted by atomic mass is 10.3. The molecule has 0 saturated carbocycles. The second-order valence-corrected chi connectivity index (χ2v) is 3.29. The standard InChI is InChI=1S/C5H10INO/c1-5-4-8-3-2-7(5)6/h5H,2-4H2,1H3/t5-/m0/s1. The Morgan fingerprint density at radius 3 is 2.88 bits per heavy atom. The van der Waals surface area contributed by atoms with Crippen molar-refractivity contribution in [1.82, 2.24) is 3.11 Å². The van der Waals surface area contributed by atoms with Crippen LogP contribution in [-0.4, -0.2) is 28.9 Å². The van der Waals surface area contributed by atoms with Crippen molar-refractivity contribution in [3.05, 3.63) is 0 Å². The number of halogens is 1. The van der Waals surface area contributed by atoms with Gasteiger partial charge in [0.1, 0.15) is 0 Å². The Hall–Kier alpha value is 0.650. The minimum atomic E-state index is 0.601. The Balaban J connectivity index is 2.28. The van der Waals surface area contributed by atoms with Gasteiger partial charge in [-0.3, -0.25) is 0 Å². The van der Waals surface area contributed by atoms with Gasteiger partial charge in [0.2, 0.25) is 0 Å². The van der Waals surface area contributed by atoms with E-state index in [-0.39, 0.29) is 0 Å². The number of ether oxygens (including phenoxy) is 1. The van der Waals surface area contributed by atoms with Gasteiger partial charge < -0.3 is 4.74 Å². The van der Waals surface area contributed by atoms with Crippen molar-refractivity contribution < 1.29 is 4.74 Å². The van der Waals surface area contributed by atoms with Gasteiger partial charge >= 0.3 is 0 Å². The van der Waals surface area contributed by atoms with E-state index in [1.54, 1.807) is 0 Å². The van der Waals surface area contributed by atoms with Crippen molar-refractivity contribution in [1.29, 1.82) is 0 Å². The fraction of sp³-hybridized carbons (Fsp3) is 1.00. The lowest BCUT2D eigenvalue weighted by molar-refractivity contribution is 0.0515. The van der Waals surface area contributed by atoms with Gasteiger partial charge in [-0.25, -0.2) is 3.11 Å². The molecule has 0 radical (unpaired) electrons. The van der Waals surface area contributed by atoms with Crippen LogP contribution in [0.2, 0.25) is 0 Å². The maximum atomic E-state index is 5.21. The van der Waals surface area contributed by atoms with Gasteiger partial charge in [-0.2, -0.15) is 0 Å². The molecule has 1 heterocycles. The number of morpholine rings is 1. The van der Waals surface area contributed by atoms with Crippen LogP contribution in [0.1, 0.15) is 6.92 Å². The van der Waals surface area contributed by atoms with Crippen LogP contribution in [0, 0.1) is 0 Å². The maximum absolute atomic E-state index is 5.21. The highest BCUT2D eigenvalue weighted by atomic mass is 127. The van der Waals surface area contributed by atoms with Gasteiger partial charge in [-0.05, 0) is 6.92 Å². The van der Waals surface area contributed by atoms with Gasteiger partial charge in [0.15, 0.2) is 0 Å². The summed E-state index contributed by atoms with van der Waals surface area (Å²) in [5.74, 6) is 0. The first-order valence-electron chi connectivity index (χ1n) is 2.81. The van der Waals surface area contributed by atoms with Crippen molar-refractivity contribution in [2.75, 3.05) is 19.8 Å². The van der Waals surface area contributed by atoms with E-state index < -0.39 is 0 Å². The van der Waals surface area contributed by atoms with Crippen LogP contribution < -0.4 is 0 Å². The van der Waals surface area contributed by atoms with E-state index in [0.717, 1.165) is 19.8 Å². The minimum Gasteiger partial charge on any atom is -0.378 e. The molecular formula is C5H10INO. The van der Waals surface area contributed by atoms with Crippen molar-refractivity contribution in [3.8, 4) is 0 Å². The fourth-order valence-corrected chi connectivity index (χ4v) is 1.06. The highest BCUT2D eigenvalue weighted by Crippen LogP contribution is 2.10. The zero-order chi connectivity index (χ0) is 5.98.